The van der Waals surface area contributed by atoms with Crippen molar-refractivity contribution in [2.24, 2.45) is 5.73 Å². The number of rotatable bonds is 5. The lowest BCUT2D eigenvalue weighted by Crippen LogP contribution is -2.13. The molecule has 0 bridgehead atoms. The van der Waals surface area contributed by atoms with Gasteiger partial charge >= 0.3 is 0 Å². The van der Waals surface area contributed by atoms with Crippen LogP contribution in [-0.4, -0.2) is 5.84 Å². The summed E-state index contributed by atoms with van der Waals surface area (Å²) >= 11 is 9.54. The third kappa shape index (κ3) is 3.51. The molecule has 0 unspecified atom stereocenters. The van der Waals surface area contributed by atoms with Crippen LogP contribution in [0.15, 0.2) is 51.6 Å². The van der Waals surface area contributed by atoms with Crippen molar-refractivity contribution in [2.75, 3.05) is 0 Å². The van der Waals surface area contributed by atoms with Gasteiger partial charge in [-0.15, -0.1) is 0 Å². The quantitative estimate of drug-likeness (QED) is 0.478. The zero-order valence-electron chi connectivity index (χ0n) is 12.1. The van der Waals surface area contributed by atoms with Crippen molar-refractivity contribution in [1.29, 1.82) is 5.41 Å². The smallest absolute Gasteiger partial charge is 0.148 e. The van der Waals surface area contributed by atoms with E-state index in [2.05, 4.69) is 15.9 Å². The van der Waals surface area contributed by atoms with Crippen LogP contribution in [0.1, 0.15) is 11.1 Å². The summed E-state index contributed by atoms with van der Waals surface area (Å²) in [5, 5.41) is 8.98. The van der Waals surface area contributed by atoms with Crippen molar-refractivity contribution in [1.82, 2.24) is 0 Å². The lowest BCUT2D eigenvalue weighted by molar-refractivity contribution is 0.303. The minimum Gasteiger partial charge on any atom is -0.488 e. The molecule has 0 saturated carbocycles. The van der Waals surface area contributed by atoms with Crippen molar-refractivity contribution in [3.05, 3.63) is 63.3 Å². The van der Waals surface area contributed by atoms with E-state index in [1.165, 1.54) is 0 Å². The molecular formula is C17H14BrClN2O2. The van der Waals surface area contributed by atoms with E-state index < -0.39 is 0 Å². The Labute approximate surface area is 146 Å². The Kier molecular flexibility index (Phi) is 4.59. The number of nitrogens with two attached hydrogens (primary N) is 1. The fourth-order valence-corrected chi connectivity index (χ4v) is 3.28. The third-order valence-electron chi connectivity index (χ3n) is 3.41. The normalized spacial score (nSPS) is 10.9. The van der Waals surface area contributed by atoms with E-state index in [1.807, 2.05) is 30.3 Å². The highest BCUT2D eigenvalue weighted by Crippen LogP contribution is 2.32. The molecule has 118 valence electrons. The van der Waals surface area contributed by atoms with Crippen LogP contribution in [0.5, 0.6) is 5.75 Å². The second kappa shape index (κ2) is 6.64. The van der Waals surface area contributed by atoms with Gasteiger partial charge in [0.1, 0.15) is 17.9 Å². The Morgan fingerprint density at radius 1 is 1.26 bits per heavy atom. The average Bonchev–Trinajstić information content (AvgIpc) is 2.89. The van der Waals surface area contributed by atoms with Crippen molar-refractivity contribution < 1.29 is 9.15 Å². The number of nitrogens with one attached hydrogen (secondary N) is 1. The minimum absolute atomic E-state index is 0.102. The number of para-hydroxylation sites is 1. The van der Waals surface area contributed by atoms with E-state index in [1.54, 1.807) is 12.3 Å². The second-order valence-electron chi connectivity index (χ2n) is 5.12. The summed E-state index contributed by atoms with van der Waals surface area (Å²) < 4.78 is 12.3. The molecule has 0 atom stereocenters. The Morgan fingerprint density at radius 2 is 2.04 bits per heavy atom. The van der Waals surface area contributed by atoms with Gasteiger partial charge in [0.05, 0.1) is 16.6 Å². The van der Waals surface area contributed by atoms with Crippen LogP contribution >= 0.6 is 27.5 Å². The summed E-state index contributed by atoms with van der Waals surface area (Å²) in [5.41, 5.74) is 8.01. The van der Waals surface area contributed by atoms with E-state index in [-0.39, 0.29) is 5.84 Å². The Bertz CT molecular complexity index is 876. The van der Waals surface area contributed by atoms with Crippen molar-refractivity contribution in [3.63, 3.8) is 0 Å². The van der Waals surface area contributed by atoms with Gasteiger partial charge in [0.2, 0.25) is 0 Å². The topological polar surface area (TPSA) is 72.2 Å². The minimum atomic E-state index is 0.102. The summed E-state index contributed by atoms with van der Waals surface area (Å²) in [7, 11) is 0. The van der Waals surface area contributed by atoms with E-state index in [4.69, 9.17) is 31.9 Å². The molecule has 0 amide bonds. The van der Waals surface area contributed by atoms with Crippen LogP contribution in [0.2, 0.25) is 5.02 Å². The SMILES string of the molecule is N=C(N)Cc1ccccc1OCc1coc2c(Br)cc(Cl)cc12. The molecule has 1 aromatic heterocycles. The molecule has 0 radical (unpaired) electrons. The zero-order valence-corrected chi connectivity index (χ0v) is 14.4. The summed E-state index contributed by atoms with van der Waals surface area (Å²) in [6.45, 7) is 0.342. The number of amidine groups is 1. The maximum atomic E-state index is 7.44. The van der Waals surface area contributed by atoms with Crippen LogP contribution in [0.4, 0.5) is 0 Å². The highest BCUT2D eigenvalue weighted by molar-refractivity contribution is 9.10. The third-order valence-corrected chi connectivity index (χ3v) is 4.22. The zero-order chi connectivity index (χ0) is 16.4. The Hall–Kier alpha value is -1.98. The molecule has 2 aromatic carbocycles. The molecule has 3 rings (SSSR count). The molecule has 4 nitrogen and oxygen atoms in total. The molecular weight excluding hydrogens is 380 g/mol. The molecule has 0 fully saturated rings. The number of benzene rings is 2. The van der Waals surface area contributed by atoms with Gasteiger partial charge in [-0.05, 0) is 34.1 Å². The predicted octanol–water partition coefficient (Wildman–Crippen LogP) is 4.91. The van der Waals surface area contributed by atoms with Crippen LogP contribution in [0, 0.1) is 5.41 Å². The van der Waals surface area contributed by atoms with Crippen LogP contribution < -0.4 is 10.5 Å². The first-order valence-corrected chi connectivity index (χ1v) is 8.10. The van der Waals surface area contributed by atoms with Gasteiger partial charge in [-0.1, -0.05) is 29.8 Å². The molecule has 0 spiro atoms. The lowest BCUT2D eigenvalue weighted by atomic mass is 10.1. The van der Waals surface area contributed by atoms with Gasteiger partial charge in [0, 0.05) is 28.0 Å². The van der Waals surface area contributed by atoms with E-state index in [0.29, 0.717) is 23.8 Å². The maximum absolute atomic E-state index is 7.44. The predicted molar refractivity (Wildman–Crippen MR) is 95.3 cm³/mol. The summed E-state index contributed by atoms with van der Waals surface area (Å²) in [6, 6.07) is 11.2. The molecule has 0 aliphatic rings. The van der Waals surface area contributed by atoms with Crippen LogP contribution in [0.3, 0.4) is 0 Å². The van der Waals surface area contributed by atoms with E-state index in [0.717, 1.165) is 26.6 Å². The molecule has 3 aromatic rings. The number of hydrogen-bond donors (Lipinski definition) is 2. The fraction of sp³-hybridized carbons (Fsp3) is 0.118. The first-order valence-electron chi connectivity index (χ1n) is 6.93. The first-order chi connectivity index (χ1) is 11.0. The molecule has 1 heterocycles. The highest BCUT2D eigenvalue weighted by atomic mass is 79.9. The van der Waals surface area contributed by atoms with Gasteiger partial charge in [-0.3, -0.25) is 5.41 Å². The number of furan rings is 1. The summed E-state index contributed by atoms with van der Waals surface area (Å²) in [5.74, 6) is 0.809. The Morgan fingerprint density at radius 3 is 2.83 bits per heavy atom. The average molecular weight is 394 g/mol. The van der Waals surface area contributed by atoms with E-state index >= 15 is 0 Å². The fourth-order valence-electron chi connectivity index (χ4n) is 2.38. The van der Waals surface area contributed by atoms with Crippen LogP contribution in [-0.2, 0) is 13.0 Å². The Balaban J connectivity index is 1.86. The second-order valence-corrected chi connectivity index (χ2v) is 6.41. The first kappa shape index (κ1) is 15.9. The molecule has 6 heteroatoms. The van der Waals surface area contributed by atoms with Gasteiger partial charge < -0.3 is 14.9 Å². The number of hydrogen-bond acceptors (Lipinski definition) is 3. The van der Waals surface area contributed by atoms with Gasteiger partial charge in [0.15, 0.2) is 0 Å². The number of fused-ring (bicyclic) bond motifs is 1. The summed E-state index contributed by atoms with van der Waals surface area (Å²) in [6.07, 6.45) is 2.03. The summed E-state index contributed by atoms with van der Waals surface area (Å²) in [4.78, 5) is 0. The molecule has 3 N–H and O–H groups in total. The van der Waals surface area contributed by atoms with Gasteiger partial charge in [0.25, 0.3) is 0 Å². The molecule has 0 aliphatic carbocycles. The lowest BCUT2D eigenvalue weighted by Gasteiger charge is -2.10. The van der Waals surface area contributed by atoms with E-state index in [9.17, 15) is 0 Å². The van der Waals surface area contributed by atoms with Crippen molar-refractivity contribution in [2.45, 2.75) is 13.0 Å². The maximum Gasteiger partial charge on any atom is 0.148 e. The van der Waals surface area contributed by atoms with Crippen LogP contribution in [0.25, 0.3) is 11.0 Å². The monoisotopic (exact) mass is 392 g/mol. The number of ether oxygens (including phenoxy) is 1. The standard InChI is InChI=1S/C17H14BrClN2O2/c18-14-7-12(19)6-13-11(9-23-17(13)14)8-22-15-4-2-1-3-10(15)5-16(20)21/h1-4,6-7,9H,5,8H2,(H3,20,21). The molecule has 23 heavy (non-hydrogen) atoms. The number of halogens is 2. The highest BCUT2D eigenvalue weighted by Gasteiger charge is 2.12. The van der Waals surface area contributed by atoms with Gasteiger partial charge in [-0.25, -0.2) is 0 Å². The van der Waals surface area contributed by atoms with Crippen molar-refractivity contribution in [3.8, 4) is 5.75 Å². The van der Waals surface area contributed by atoms with Crippen molar-refractivity contribution >= 4 is 44.3 Å². The molecule has 0 aliphatic heterocycles. The van der Waals surface area contributed by atoms with Gasteiger partial charge in [-0.2, -0.15) is 0 Å². The largest absolute Gasteiger partial charge is 0.488 e. The molecule has 0 saturated heterocycles.